The quantitative estimate of drug-likeness (QED) is 0.515. The van der Waals surface area contributed by atoms with Crippen LogP contribution >= 0.6 is 22.6 Å². The highest BCUT2D eigenvalue weighted by atomic mass is 127. The number of imidazole rings is 1. The van der Waals surface area contributed by atoms with E-state index in [-0.39, 0.29) is 0 Å². The van der Waals surface area contributed by atoms with E-state index in [2.05, 4.69) is 32.6 Å². The smallest absolute Gasteiger partial charge is 0.212 e. The molecular weight excluding hydrogens is 433 g/mol. The molecule has 0 unspecified atom stereocenters. The lowest BCUT2D eigenvalue weighted by molar-refractivity contribution is 0.283. The van der Waals surface area contributed by atoms with E-state index < -0.39 is 0 Å². The fourth-order valence-electron chi connectivity index (χ4n) is 2.33. The van der Waals surface area contributed by atoms with Crippen LogP contribution in [0.15, 0.2) is 49.2 Å². The molecule has 0 amide bonds. The largest absolute Gasteiger partial charge is 0.493 e. The van der Waals surface area contributed by atoms with Gasteiger partial charge in [0.05, 0.1) is 20.5 Å². The van der Waals surface area contributed by atoms with Crippen LogP contribution in [0.25, 0.3) is 0 Å². The minimum atomic E-state index is 0.407. The van der Waals surface area contributed by atoms with E-state index in [1.165, 1.54) is 0 Å². The zero-order valence-corrected chi connectivity index (χ0v) is 16.1. The van der Waals surface area contributed by atoms with Gasteiger partial charge in [0.2, 0.25) is 5.88 Å². The number of aromatic nitrogens is 3. The molecule has 130 valence electrons. The predicted octanol–water partition coefficient (Wildman–Crippen LogP) is 3.53. The number of benzene rings is 1. The first-order valence-corrected chi connectivity index (χ1v) is 8.71. The van der Waals surface area contributed by atoms with E-state index in [9.17, 15) is 0 Å². The summed E-state index contributed by atoms with van der Waals surface area (Å²) in [6, 6.07) is 7.73. The third kappa shape index (κ3) is 4.41. The average molecular weight is 451 g/mol. The zero-order valence-electron chi connectivity index (χ0n) is 14.0. The number of rotatable bonds is 7. The molecule has 3 rings (SSSR count). The number of methoxy groups -OCH3 is 2. The van der Waals surface area contributed by atoms with Gasteiger partial charge in [-0.15, -0.1) is 0 Å². The van der Waals surface area contributed by atoms with Crippen LogP contribution in [0.5, 0.6) is 17.4 Å². The molecule has 25 heavy (non-hydrogen) atoms. The molecule has 0 saturated heterocycles. The molecule has 0 aliphatic carbocycles. The van der Waals surface area contributed by atoms with Crippen LogP contribution in [0.1, 0.15) is 11.1 Å². The van der Waals surface area contributed by atoms with Gasteiger partial charge in [0.25, 0.3) is 0 Å². The van der Waals surface area contributed by atoms with Gasteiger partial charge in [0, 0.05) is 40.3 Å². The Labute approximate surface area is 159 Å². The molecule has 0 atom stereocenters. The van der Waals surface area contributed by atoms with Crippen LogP contribution in [-0.2, 0) is 13.2 Å². The van der Waals surface area contributed by atoms with E-state index in [0.29, 0.717) is 24.0 Å². The predicted molar refractivity (Wildman–Crippen MR) is 102 cm³/mol. The van der Waals surface area contributed by atoms with Crippen molar-refractivity contribution in [3.05, 3.63) is 63.9 Å². The van der Waals surface area contributed by atoms with E-state index in [0.717, 1.165) is 21.2 Å². The monoisotopic (exact) mass is 451 g/mol. The standard InChI is InChI=1S/C18H18IN3O3/c1-23-16-7-14(10-22-6-5-20-12-22)15(19)8-17(16)25-11-13-3-4-18(24-2)21-9-13/h3-9,12H,10-11H2,1-2H3. The van der Waals surface area contributed by atoms with Crippen molar-refractivity contribution in [1.29, 1.82) is 0 Å². The molecule has 2 aromatic heterocycles. The molecule has 0 aliphatic heterocycles. The maximum Gasteiger partial charge on any atom is 0.212 e. The van der Waals surface area contributed by atoms with E-state index in [1.807, 2.05) is 35.0 Å². The van der Waals surface area contributed by atoms with Crippen molar-refractivity contribution in [3.63, 3.8) is 0 Å². The second-order valence-electron chi connectivity index (χ2n) is 5.33. The van der Waals surface area contributed by atoms with Crippen LogP contribution in [0.3, 0.4) is 0 Å². The minimum absolute atomic E-state index is 0.407. The Balaban J connectivity index is 1.75. The van der Waals surface area contributed by atoms with Gasteiger partial charge < -0.3 is 18.8 Å². The summed E-state index contributed by atoms with van der Waals surface area (Å²) in [7, 11) is 3.24. The van der Waals surface area contributed by atoms with Gasteiger partial charge in [-0.05, 0) is 46.4 Å². The Morgan fingerprint density at radius 1 is 1.12 bits per heavy atom. The van der Waals surface area contributed by atoms with Gasteiger partial charge in [-0.2, -0.15) is 0 Å². The lowest BCUT2D eigenvalue weighted by Crippen LogP contribution is -2.03. The summed E-state index contributed by atoms with van der Waals surface area (Å²) in [5.41, 5.74) is 2.11. The normalized spacial score (nSPS) is 10.5. The number of nitrogens with zero attached hydrogens (tertiary/aromatic N) is 3. The molecule has 2 heterocycles. The van der Waals surface area contributed by atoms with Gasteiger partial charge in [-0.3, -0.25) is 0 Å². The van der Waals surface area contributed by atoms with Crippen molar-refractivity contribution in [2.75, 3.05) is 14.2 Å². The minimum Gasteiger partial charge on any atom is -0.493 e. The summed E-state index contributed by atoms with van der Waals surface area (Å²) in [6.07, 6.45) is 7.24. The highest BCUT2D eigenvalue weighted by Crippen LogP contribution is 2.32. The molecule has 0 radical (unpaired) electrons. The molecule has 0 aliphatic rings. The van der Waals surface area contributed by atoms with Gasteiger partial charge in [0.1, 0.15) is 6.61 Å². The van der Waals surface area contributed by atoms with E-state index >= 15 is 0 Å². The second kappa shape index (κ2) is 8.19. The molecule has 0 N–H and O–H groups in total. The van der Waals surface area contributed by atoms with Crippen molar-refractivity contribution in [1.82, 2.24) is 14.5 Å². The molecule has 0 saturated carbocycles. The molecule has 1 aromatic carbocycles. The summed E-state index contributed by atoms with van der Waals surface area (Å²) in [4.78, 5) is 8.26. The van der Waals surface area contributed by atoms with Crippen LogP contribution in [0.4, 0.5) is 0 Å². The van der Waals surface area contributed by atoms with Crippen LogP contribution < -0.4 is 14.2 Å². The number of pyridine rings is 1. The maximum atomic E-state index is 5.93. The van der Waals surface area contributed by atoms with Crippen LogP contribution in [0, 0.1) is 3.57 Å². The molecule has 7 heteroatoms. The summed E-state index contributed by atoms with van der Waals surface area (Å²) >= 11 is 2.31. The van der Waals surface area contributed by atoms with Crippen molar-refractivity contribution >= 4 is 22.6 Å². The Morgan fingerprint density at radius 2 is 2.00 bits per heavy atom. The summed E-state index contributed by atoms with van der Waals surface area (Å²) < 4.78 is 19.6. The topological polar surface area (TPSA) is 58.4 Å². The van der Waals surface area contributed by atoms with Crippen molar-refractivity contribution < 1.29 is 14.2 Å². The first-order chi connectivity index (χ1) is 12.2. The second-order valence-corrected chi connectivity index (χ2v) is 6.49. The van der Waals surface area contributed by atoms with Gasteiger partial charge >= 0.3 is 0 Å². The van der Waals surface area contributed by atoms with Crippen molar-refractivity contribution in [3.8, 4) is 17.4 Å². The Morgan fingerprint density at radius 3 is 2.64 bits per heavy atom. The molecule has 3 aromatic rings. The van der Waals surface area contributed by atoms with Gasteiger partial charge in [0.15, 0.2) is 11.5 Å². The Bertz CT molecular complexity index is 820. The fraction of sp³-hybridized carbons (Fsp3) is 0.222. The van der Waals surface area contributed by atoms with Crippen molar-refractivity contribution in [2.45, 2.75) is 13.2 Å². The fourth-order valence-corrected chi connectivity index (χ4v) is 2.93. The number of hydrogen-bond acceptors (Lipinski definition) is 5. The third-order valence-corrected chi connectivity index (χ3v) is 4.65. The summed E-state index contributed by atoms with van der Waals surface area (Å²) in [5, 5.41) is 0. The number of halogens is 1. The Hall–Kier alpha value is -2.29. The molecule has 6 nitrogen and oxygen atoms in total. The summed E-state index contributed by atoms with van der Waals surface area (Å²) in [6.45, 7) is 1.14. The molecule has 0 spiro atoms. The number of ether oxygens (including phenoxy) is 3. The molecule has 0 fully saturated rings. The first kappa shape index (κ1) is 17.5. The SMILES string of the molecule is COc1ccc(COc2cc(I)c(Cn3ccnc3)cc2OC)cn1. The average Bonchev–Trinajstić information content (AvgIpc) is 3.15. The summed E-state index contributed by atoms with van der Waals surface area (Å²) in [5.74, 6) is 1.99. The molecular formula is C18H18IN3O3. The van der Waals surface area contributed by atoms with E-state index in [4.69, 9.17) is 14.2 Å². The van der Waals surface area contributed by atoms with Crippen molar-refractivity contribution in [2.24, 2.45) is 0 Å². The first-order valence-electron chi connectivity index (χ1n) is 7.63. The third-order valence-electron chi connectivity index (χ3n) is 3.65. The zero-order chi connectivity index (χ0) is 17.6. The Kier molecular flexibility index (Phi) is 5.75. The van der Waals surface area contributed by atoms with Gasteiger partial charge in [-0.1, -0.05) is 0 Å². The van der Waals surface area contributed by atoms with Gasteiger partial charge in [-0.25, -0.2) is 9.97 Å². The highest BCUT2D eigenvalue weighted by molar-refractivity contribution is 14.1. The van der Waals surface area contributed by atoms with Crippen LogP contribution in [-0.4, -0.2) is 28.8 Å². The number of hydrogen-bond donors (Lipinski definition) is 0. The lowest BCUT2D eigenvalue weighted by Gasteiger charge is -2.14. The maximum absolute atomic E-state index is 5.93. The van der Waals surface area contributed by atoms with E-state index in [1.54, 1.807) is 32.9 Å². The molecule has 0 bridgehead atoms. The highest BCUT2D eigenvalue weighted by Gasteiger charge is 2.11. The van der Waals surface area contributed by atoms with Crippen LogP contribution in [0.2, 0.25) is 0 Å². The lowest BCUT2D eigenvalue weighted by atomic mass is 10.2.